The Morgan fingerprint density at radius 2 is 1.77 bits per heavy atom. The van der Waals surface area contributed by atoms with E-state index >= 15 is 0 Å². The molecule has 1 N–H and O–H groups in total. The Labute approximate surface area is 155 Å². The van der Waals surface area contributed by atoms with Crippen molar-refractivity contribution in [2.45, 2.75) is 38.1 Å². The van der Waals surface area contributed by atoms with Crippen LogP contribution in [0, 0.1) is 0 Å². The van der Waals surface area contributed by atoms with E-state index in [1.807, 2.05) is 26.0 Å². The molecule has 0 spiro atoms. The lowest BCUT2D eigenvalue weighted by atomic mass is 10.1. The average Bonchev–Trinajstić information content (AvgIpc) is 2.66. The normalized spacial score (nSPS) is 11.5. The molecular weight excluding hydrogens is 350 g/mol. The maximum absolute atomic E-state index is 12.4. The highest BCUT2D eigenvalue weighted by Crippen LogP contribution is 2.16. The van der Waals surface area contributed by atoms with Gasteiger partial charge in [0.15, 0.2) is 0 Å². The topological polar surface area (TPSA) is 79.4 Å². The van der Waals surface area contributed by atoms with E-state index in [4.69, 9.17) is 0 Å². The lowest BCUT2D eigenvalue weighted by Crippen LogP contribution is -2.30. The number of aryl methyl sites for hydroxylation is 1. The van der Waals surface area contributed by atoms with Crippen LogP contribution < -0.4 is 5.32 Å². The molecule has 7 heteroatoms. The summed E-state index contributed by atoms with van der Waals surface area (Å²) in [6.07, 6.45) is 4.32. The highest BCUT2D eigenvalue weighted by Gasteiger charge is 2.21. The number of carbonyl (C=O) groups is 1. The monoisotopic (exact) mass is 375 g/mol. The third-order valence-corrected chi connectivity index (χ3v) is 6.18. The van der Waals surface area contributed by atoms with E-state index in [9.17, 15) is 13.2 Å². The number of carbonyl (C=O) groups excluding carboxylic acids is 1. The van der Waals surface area contributed by atoms with Crippen LogP contribution in [0.15, 0.2) is 53.7 Å². The van der Waals surface area contributed by atoms with E-state index in [1.54, 1.807) is 36.7 Å². The van der Waals surface area contributed by atoms with Crippen molar-refractivity contribution in [1.82, 2.24) is 14.6 Å². The number of sulfonamides is 1. The zero-order valence-corrected chi connectivity index (χ0v) is 16.0. The van der Waals surface area contributed by atoms with E-state index in [-0.39, 0.29) is 10.8 Å². The minimum Gasteiger partial charge on any atom is -0.352 e. The highest BCUT2D eigenvalue weighted by atomic mass is 32.2. The number of nitrogens with one attached hydrogen (secondary N) is 1. The van der Waals surface area contributed by atoms with Crippen molar-refractivity contribution in [3.8, 4) is 0 Å². The lowest BCUT2D eigenvalue weighted by molar-refractivity contribution is -0.121. The molecule has 0 radical (unpaired) electrons. The molecule has 26 heavy (non-hydrogen) atoms. The van der Waals surface area contributed by atoms with Crippen LogP contribution in [0.25, 0.3) is 0 Å². The number of benzene rings is 1. The zero-order chi connectivity index (χ0) is 19.0. The Kier molecular flexibility index (Phi) is 7.29. The van der Waals surface area contributed by atoms with Crippen LogP contribution in [0.1, 0.15) is 31.4 Å². The van der Waals surface area contributed by atoms with Crippen molar-refractivity contribution in [3.05, 3.63) is 59.9 Å². The molecule has 0 aliphatic carbocycles. The van der Waals surface area contributed by atoms with Crippen LogP contribution in [0.2, 0.25) is 0 Å². The van der Waals surface area contributed by atoms with E-state index in [1.165, 1.54) is 4.31 Å². The first-order valence-corrected chi connectivity index (χ1v) is 10.2. The summed E-state index contributed by atoms with van der Waals surface area (Å²) in [6.45, 7) is 4.97. The molecule has 2 aromatic rings. The van der Waals surface area contributed by atoms with Crippen molar-refractivity contribution in [2.24, 2.45) is 0 Å². The molecule has 2 rings (SSSR count). The summed E-state index contributed by atoms with van der Waals surface area (Å²) in [7, 11) is -3.44. The Balaban J connectivity index is 1.88. The fourth-order valence-electron chi connectivity index (χ4n) is 2.59. The van der Waals surface area contributed by atoms with Crippen LogP contribution >= 0.6 is 0 Å². The molecule has 0 unspecified atom stereocenters. The first-order valence-electron chi connectivity index (χ1n) is 8.72. The summed E-state index contributed by atoms with van der Waals surface area (Å²) in [5.41, 5.74) is 1.88. The molecule has 0 fully saturated rings. The largest absolute Gasteiger partial charge is 0.352 e. The van der Waals surface area contributed by atoms with Gasteiger partial charge in [-0.05, 0) is 35.7 Å². The van der Waals surface area contributed by atoms with Gasteiger partial charge in [-0.15, -0.1) is 0 Å². The summed E-state index contributed by atoms with van der Waals surface area (Å²) < 4.78 is 26.3. The van der Waals surface area contributed by atoms with Crippen LogP contribution in [-0.2, 0) is 27.8 Å². The summed E-state index contributed by atoms with van der Waals surface area (Å²) >= 11 is 0. The molecule has 1 aromatic heterocycles. The molecule has 0 aliphatic rings. The molecule has 1 heterocycles. The lowest BCUT2D eigenvalue weighted by Gasteiger charge is -2.18. The highest BCUT2D eigenvalue weighted by molar-refractivity contribution is 7.89. The van der Waals surface area contributed by atoms with Gasteiger partial charge in [-0.2, -0.15) is 4.31 Å². The fraction of sp³-hybridized carbons (Fsp3) is 0.368. The Bertz CT molecular complexity index is 802. The zero-order valence-electron chi connectivity index (χ0n) is 15.2. The van der Waals surface area contributed by atoms with Crippen molar-refractivity contribution >= 4 is 15.9 Å². The number of hydrogen-bond donors (Lipinski definition) is 1. The van der Waals surface area contributed by atoms with Gasteiger partial charge in [-0.25, -0.2) is 8.42 Å². The molecule has 0 aliphatic heterocycles. The first kappa shape index (κ1) is 20.1. The van der Waals surface area contributed by atoms with Gasteiger partial charge >= 0.3 is 0 Å². The molecular formula is C19H25N3O3S. The van der Waals surface area contributed by atoms with Crippen molar-refractivity contribution in [3.63, 3.8) is 0 Å². The number of aromatic nitrogens is 1. The van der Waals surface area contributed by atoms with Gasteiger partial charge < -0.3 is 5.32 Å². The van der Waals surface area contributed by atoms with Crippen LogP contribution in [-0.4, -0.2) is 36.7 Å². The summed E-state index contributed by atoms with van der Waals surface area (Å²) in [4.78, 5) is 16.2. The summed E-state index contributed by atoms with van der Waals surface area (Å²) in [6, 6.07) is 10.5. The molecule has 0 saturated carbocycles. The standard InChI is InChI=1S/C19H25N3O3S/c1-3-22(4-2)26(24,25)18-10-7-16(8-11-18)9-12-19(23)21-15-17-6-5-13-20-14-17/h5-8,10-11,13-14H,3-4,9,12,15H2,1-2H3,(H,21,23). The predicted octanol–water partition coefficient (Wildman–Crippen LogP) is 2.36. The van der Waals surface area contributed by atoms with Gasteiger partial charge in [0.2, 0.25) is 15.9 Å². The second-order valence-corrected chi connectivity index (χ2v) is 7.81. The van der Waals surface area contributed by atoms with Crippen molar-refractivity contribution < 1.29 is 13.2 Å². The molecule has 140 valence electrons. The average molecular weight is 375 g/mol. The fourth-order valence-corrected chi connectivity index (χ4v) is 4.05. The van der Waals surface area contributed by atoms with Gasteiger partial charge in [-0.1, -0.05) is 32.0 Å². The minimum atomic E-state index is -3.44. The third kappa shape index (κ3) is 5.37. The van der Waals surface area contributed by atoms with Gasteiger partial charge in [-0.3, -0.25) is 9.78 Å². The van der Waals surface area contributed by atoms with E-state index in [0.29, 0.717) is 32.5 Å². The van der Waals surface area contributed by atoms with Gasteiger partial charge in [0.1, 0.15) is 0 Å². The minimum absolute atomic E-state index is 0.0475. The third-order valence-electron chi connectivity index (χ3n) is 4.12. The molecule has 1 amide bonds. The Hall–Kier alpha value is -2.25. The van der Waals surface area contributed by atoms with Gasteiger partial charge in [0.05, 0.1) is 4.90 Å². The van der Waals surface area contributed by atoms with Gasteiger partial charge in [0.25, 0.3) is 0 Å². The Morgan fingerprint density at radius 3 is 2.35 bits per heavy atom. The smallest absolute Gasteiger partial charge is 0.243 e. The molecule has 0 saturated heterocycles. The van der Waals surface area contributed by atoms with E-state index < -0.39 is 10.0 Å². The number of rotatable bonds is 9. The predicted molar refractivity (Wildman–Crippen MR) is 101 cm³/mol. The number of hydrogen-bond acceptors (Lipinski definition) is 4. The van der Waals surface area contributed by atoms with Crippen molar-refractivity contribution in [2.75, 3.05) is 13.1 Å². The molecule has 1 aromatic carbocycles. The van der Waals surface area contributed by atoms with Crippen LogP contribution in [0.4, 0.5) is 0 Å². The number of pyridine rings is 1. The SMILES string of the molecule is CCN(CC)S(=O)(=O)c1ccc(CCC(=O)NCc2cccnc2)cc1. The maximum atomic E-state index is 12.4. The second kappa shape index (κ2) is 9.45. The number of nitrogens with zero attached hydrogens (tertiary/aromatic N) is 2. The van der Waals surface area contributed by atoms with Gasteiger partial charge in [0, 0.05) is 38.4 Å². The van der Waals surface area contributed by atoms with E-state index in [0.717, 1.165) is 11.1 Å². The Morgan fingerprint density at radius 1 is 1.08 bits per heavy atom. The maximum Gasteiger partial charge on any atom is 0.243 e. The first-order chi connectivity index (χ1) is 12.5. The quantitative estimate of drug-likeness (QED) is 0.730. The number of amides is 1. The van der Waals surface area contributed by atoms with Crippen molar-refractivity contribution in [1.29, 1.82) is 0 Å². The molecule has 6 nitrogen and oxygen atoms in total. The molecule has 0 bridgehead atoms. The van der Waals surface area contributed by atoms with Crippen LogP contribution in [0.5, 0.6) is 0 Å². The summed E-state index contributed by atoms with van der Waals surface area (Å²) in [5, 5.41) is 2.85. The van der Waals surface area contributed by atoms with E-state index in [2.05, 4.69) is 10.3 Å². The molecule has 0 atom stereocenters. The second-order valence-electron chi connectivity index (χ2n) is 5.87. The summed E-state index contributed by atoms with van der Waals surface area (Å²) in [5.74, 6) is -0.0475. The van der Waals surface area contributed by atoms with Crippen LogP contribution in [0.3, 0.4) is 0 Å².